The summed E-state index contributed by atoms with van der Waals surface area (Å²) < 4.78 is 4.91. The van der Waals surface area contributed by atoms with Crippen LogP contribution in [0.1, 0.15) is 32.6 Å². The summed E-state index contributed by atoms with van der Waals surface area (Å²) in [7, 11) is 0. The molecule has 6 heteroatoms. The fourth-order valence-electron chi connectivity index (χ4n) is 2.75. The highest BCUT2D eigenvalue weighted by atomic mass is 16.5. The lowest BCUT2D eigenvalue weighted by molar-refractivity contribution is -0.135. The average molecular weight is 253 g/mol. The maximum Gasteiger partial charge on any atom is 0.375 e. The molecule has 0 bridgehead atoms. The second-order valence-corrected chi connectivity index (χ2v) is 5.27. The quantitative estimate of drug-likeness (QED) is 0.691. The van der Waals surface area contributed by atoms with Crippen LogP contribution in [0.4, 0.5) is 0 Å². The number of carbonyl (C=O) groups is 1. The van der Waals surface area contributed by atoms with Gasteiger partial charge < -0.3 is 15.2 Å². The number of carbonyl (C=O) groups excluding carboxylic acids is 1. The van der Waals surface area contributed by atoms with Crippen LogP contribution in [0, 0.1) is 5.92 Å². The molecular formula is C12H19N3O3. The summed E-state index contributed by atoms with van der Waals surface area (Å²) >= 11 is 0. The fraction of sp³-hybridized carbons (Fsp3) is 0.833. The molecule has 2 heterocycles. The second kappa shape index (κ2) is 4.42. The van der Waals surface area contributed by atoms with Crippen LogP contribution in [0.25, 0.3) is 0 Å². The summed E-state index contributed by atoms with van der Waals surface area (Å²) in [5, 5.41) is 19.1. The third kappa shape index (κ3) is 2.05. The Balaban J connectivity index is 1.69. The maximum atomic E-state index is 11.6. The van der Waals surface area contributed by atoms with Crippen LogP contribution in [0.15, 0.2) is 5.10 Å². The Morgan fingerprint density at radius 3 is 3.06 bits per heavy atom. The lowest BCUT2D eigenvalue weighted by Crippen LogP contribution is -2.43. The predicted octanol–water partition coefficient (Wildman–Crippen LogP) is 0.0276. The molecule has 2 aliphatic heterocycles. The van der Waals surface area contributed by atoms with Gasteiger partial charge in [-0.15, -0.1) is 5.10 Å². The molecule has 0 radical (unpaired) electrons. The molecule has 0 aromatic carbocycles. The molecule has 0 aromatic heterocycles. The number of hydrazone groups is 1. The number of hydrogen-bond acceptors (Lipinski definition) is 6. The minimum atomic E-state index is -0.468. The zero-order valence-electron chi connectivity index (χ0n) is 10.5. The van der Waals surface area contributed by atoms with Gasteiger partial charge >= 0.3 is 5.97 Å². The average Bonchev–Trinajstić information content (AvgIpc) is 2.95. The topological polar surface area (TPSA) is 74.2 Å². The number of fused-ring (bicyclic) bond motifs is 1. The third-order valence-electron chi connectivity index (χ3n) is 3.81. The molecule has 18 heavy (non-hydrogen) atoms. The van der Waals surface area contributed by atoms with Gasteiger partial charge in [-0.2, -0.15) is 0 Å². The largest absolute Gasteiger partial charge is 0.460 e. The fourth-order valence-corrected chi connectivity index (χ4v) is 2.75. The monoisotopic (exact) mass is 253 g/mol. The van der Waals surface area contributed by atoms with Crippen molar-refractivity contribution >= 4 is 11.8 Å². The van der Waals surface area contributed by atoms with Gasteiger partial charge in [-0.3, -0.25) is 5.01 Å². The molecule has 1 saturated heterocycles. The highest BCUT2D eigenvalue weighted by Crippen LogP contribution is 2.39. The molecule has 0 spiro atoms. The molecule has 3 rings (SSSR count). The highest BCUT2D eigenvalue weighted by Gasteiger charge is 2.46. The number of amidine groups is 1. The van der Waals surface area contributed by atoms with Crippen molar-refractivity contribution in [2.45, 2.75) is 50.9 Å². The number of ether oxygens (including phenoxy) is 1. The minimum absolute atomic E-state index is 0.224. The van der Waals surface area contributed by atoms with Crippen LogP contribution in [0.3, 0.4) is 0 Å². The molecule has 1 saturated carbocycles. The van der Waals surface area contributed by atoms with E-state index < -0.39 is 12.1 Å². The summed E-state index contributed by atoms with van der Waals surface area (Å²) in [5.74, 6) is 0.563. The lowest BCUT2D eigenvalue weighted by Gasteiger charge is -2.21. The van der Waals surface area contributed by atoms with Gasteiger partial charge in [0, 0.05) is 0 Å². The Hall–Kier alpha value is -1.30. The van der Waals surface area contributed by atoms with E-state index in [4.69, 9.17) is 4.74 Å². The van der Waals surface area contributed by atoms with Gasteiger partial charge in [-0.1, -0.05) is 12.8 Å². The first-order valence-corrected chi connectivity index (χ1v) is 6.67. The molecule has 3 atom stereocenters. The van der Waals surface area contributed by atoms with Crippen molar-refractivity contribution in [2.24, 2.45) is 11.0 Å². The molecule has 2 N–H and O–H groups in total. The molecular weight excluding hydrogens is 234 g/mol. The molecule has 3 unspecified atom stereocenters. The van der Waals surface area contributed by atoms with Crippen molar-refractivity contribution in [3.8, 4) is 0 Å². The summed E-state index contributed by atoms with van der Waals surface area (Å²) in [6, 6.07) is 0.247. The number of nitrogens with one attached hydrogen (secondary N) is 1. The van der Waals surface area contributed by atoms with E-state index in [0.29, 0.717) is 6.61 Å². The first-order chi connectivity index (χ1) is 8.69. The summed E-state index contributed by atoms with van der Waals surface area (Å²) in [5.41, 5.74) is 0. The van der Waals surface area contributed by atoms with Crippen LogP contribution in [0.5, 0.6) is 0 Å². The molecule has 0 aromatic rings. The van der Waals surface area contributed by atoms with Crippen molar-refractivity contribution in [2.75, 3.05) is 6.61 Å². The standard InChI is InChI=1S/C12H19N3O3/c1-2-18-12(17)10-13-11-9(16)6-8(15(11)14-10)5-7-3-4-7/h7-9,11,16H,2-6H2,1H3,(H,13,14). The highest BCUT2D eigenvalue weighted by molar-refractivity contribution is 6.35. The van der Waals surface area contributed by atoms with Gasteiger partial charge in [0.15, 0.2) is 0 Å². The Morgan fingerprint density at radius 1 is 1.61 bits per heavy atom. The van der Waals surface area contributed by atoms with Gasteiger partial charge in [0.1, 0.15) is 6.17 Å². The molecule has 2 fully saturated rings. The smallest absolute Gasteiger partial charge is 0.375 e. The van der Waals surface area contributed by atoms with Crippen LogP contribution in [-0.4, -0.2) is 46.8 Å². The molecule has 100 valence electrons. The molecule has 1 aliphatic carbocycles. The summed E-state index contributed by atoms with van der Waals surface area (Å²) in [6.07, 6.45) is 3.64. The van der Waals surface area contributed by atoms with Crippen LogP contribution in [-0.2, 0) is 9.53 Å². The van der Waals surface area contributed by atoms with E-state index in [-0.39, 0.29) is 18.0 Å². The Labute approximate surface area is 106 Å². The number of rotatable bonds is 4. The first kappa shape index (κ1) is 11.8. The summed E-state index contributed by atoms with van der Waals surface area (Å²) in [6.45, 7) is 2.09. The number of esters is 1. The van der Waals surface area contributed by atoms with E-state index in [0.717, 1.165) is 18.8 Å². The van der Waals surface area contributed by atoms with Crippen molar-refractivity contribution in [1.82, 2.24) is 10.3 Å². The number of hydrogen-bond donors (Lipinski definition) is 2. The van der Waals surface area contributed by atoms with Gasteiger partial charge in [-0.05, 0) is 25.7 Å². The van der Waals surface area contributed by atoms with E-state index >= 15 is 0 Å². The number of aliphatic hydroxyl groups is 1. The van der Waals surface area contributed by atoms with Gasteiger partial charge in [0.2, 0.25) is 5.84 Å². The number of aliphatic hydroxyl groups excluding tert-OH is 1. The van der Waals surface area contributed by atoms with Crippen molar-refractivity contribution in [3.63, 3.8) is 0 Å². The molecule has 0 amide bonds. The van der Waals surface area contributed by atoms with E-state index in [1.165, 1.54) is 12.8 Å². The van der Waals surface area contributed by atoms with Gasteiger partial charge in [0.25, 0.3) is 0 Å². The van der Waals surface area contributed by atoms with Crippen LogP contribution < -0.4 is 5.32 Å². The number of nitrogens with zero attached hydrogens (tertiary/aromatic N) is 2. The third-order valence-corrected chi connectivity index (χ3v) is 3.81. The van der Waals surface area contributed by atoms with Crippen molar-refractivity contribution in [1.29, 1.82) is 0 Å². The Bertz CT molecular complexity index is 379. The van der Waals surface area contributed by atoms with Gasteiger partial charge in [-0.25, -0.2) is 4.79 Å². The first-order valence-electron chi connectivity index (χ1n) is 6.67. The maximum absolute atomic E-state index is 11.6. The minimum Gasteiger partial charge on any atom is -0.460 e. The Morgan fingerprint density at radius 2 is 2.39 bits per heavy atom. The Kier molecular flexibility index (Phi) is 2.89. The van der Waals surface area contributed by atoms with Gasteiger partial charge in [0.05, 0.1) is 18.8 Å². The van der Waals surface area contributed by atoms with E-state index in [1.54, 1.807) is 6.92 Å². The van der Waals surface area contributed by atoms with Crippen molar-refractivity contribution in [3.05, 3.63) is 0 Å². The summed E-state index contributed by atoms with van der Waals surface area (Å²) in [4.78, 5) is 11.6. The SMILES string of the molecule is CCOC(=O)C1=NN2C(CC3CC3)CC(O)C2N1. The normalized spacial score (nSPS) is 34.0. The van der Waals surface area contributed by atoms with Crippen LogP contribution >= 0.6 is 0 Å². The predicted molar refractivity (Wildman–Crippen MR) is 64.6 cm³/mol. The van der Waals surface area contributed by atoms with Crippen LogP contribution in [0.2, 0.25) is 0 Å². The second-order valence-electron chi connectivity index (χ2n) is 5.27. The van der Waals surface area contributed by atoms with Crippen molar-refractivity contribution < 1.29 is 14.6 Å². The lowest BCUT2D eigenvalue weighted by atomic mass is 10.1. The van der Waals surface area contributed by atoms with E-state index in [1.807, 2.05) is 5.01 Å². The van der Waals surface area contributed by atoms with E-state index in [9.17, 15) is 9.90 Å². The zero-order chi connectivity index (χ0) is 12.7. The zero-order valence-corrected chi connectivity index (χ0v) is 10.5. The van der Waals surface area contributed by atoms with E-state index in [2.05, 4.69) is 10.4 Å². The molecule has 3 aliphatic rings. The molecule has 6 nitrogen and oxygen atoms in total.